The number of Topliss-reactive ketones (excluding diaryl/α,β-unsaturated/α-hetero) is 1. The summed E-state index contributed by atoms with van der Waals surface area (Å²) in [6, 6.07) is 0. The van der Waals surface area contributed by atoms with Gasteiger partial charge in [-0.2, -0.15) is 14.7 Å². The molecule has 0 aromatic rings. The van der Waals surface area contributed by atoms with Crippen LogP contribution in [0.1, 0.15) is 6.42 Å². The summed E-state index contributed by atoms with van der Waals surface area (Å²) in [5.74, 6) is -6.93. The van der Waals surface area contributed by atoms with Crippen LogP contribution >= 0.6 is 8.17 Å². The number of hydrogen-bond donors (Lipinski definition) is 6. The van der Waals surface area contributed by atoms with Gasteiger partial charge in [-0.15, -0.1) is 0 Å². The first kappa shape index (κ1) is 19.3. The molecule has 0 amide bonds. The van der Waals surface area contributed by atoms with Crippen molar-refractivity contribution in [2.45, 2.75) is 6.42 Å². The maximum Gasteiger partial charge on any atom is 0.614 e. The quantitative estimate of drug-likeness (QED) is 0.108. The zero-order chi connectivity index (χ0) is 15.8. The lowest BCUT2D eigenvalue weighted by molar-refractivity contribution is -0.152. The van der Waals surface area contributed by atoms with E-state index in [1.165, 1.54) is 0 Å². The van der Waals surface area contributed by atoms with Crippen LogP contribution in [0.5, 0.6) is 0 Å². The molecule has 0 saturated heterocycles. The zero-order valence-electron chi connectivity index (χ0n) is 9.09. The SMILES string of the molecule is C=C(O[P+](O)(O)O)C(=O)O.O=C(O)CC(=O)C(=O)O. The average molecular weight is 301 g/mol. The minimum absolute atomic E-state index is 0.916. The lowest BCUT2D eigenvalue weighted by Crippen LogP contribution is -2.16. The molecule has 0 aromatic carbocycles. The fourth-order valence-corrected chi connectivity index (χ4v) is 0.774. The number of aliphatic carboxylic acids is 3. The second-order valence-electron chi connectivity index (χ2n) is 2.63. The molecule has 0 aliphatic heterocycles. The Morgan fingerprint density at radius 1 is 0.947 bits per heavy atom. The molecule has 0 aliphatic rings. The molecular weight excluding hydrogens is 291 g/mol. The Morgan fingerprint density at radius 2 is 1.37 bits per heavy atom. The van der Waals surface area contributed by atoms with E-state index in [0.717, 1.165) is 0 Å². The third kappa shape index (κ3) is 13.9. The molecule has 0 aromatic heterocycles. The average Bonchev–Trinajstić information content (AvgIpc) is 2.14. The van der Waals surface area contributed by atoms with Crippen LogP contribution in [-0.4, -0.2) is 53.7 Å². The molecular formula is C7H10O11P+. The molecule has 0 atom stereocenters. The number of carbonyl (C=O) groups excluding carboxylic acids is 1. The van der Waals surface area contributed by atoms with Crippen LogP contribution in [0.3, 0.4) is 0 Å². The van der Waals surface area contributed by atoms with E-state index in [0.29, 0.717) is 0 Å². The van der Waals surface area contributed by atoms with E-state index in [4.69, 9.17) is 30.0 Å². The molecule has 0 saturated carbocycles. The number of carbonyl (C=O) groups is 4. The highest BCUT2D eigenvalue weighted by molar-refractivity contribution is 7.53. The van der Waals surface area contributed by atoms with Gasteiger partial charge in [0.05, 0.1) is 0 Å². The highest BCUT2D eigenvalue weighted by Crippen LogP contribution is 2.47. The topological polar surface area (TPSA) is 199 Å². The molecule has 0 fully saturated rings. The van der Waals surface area contributed by atoms with Crippen LogP contribution in [0.4, 0.5) is 0 Å². The second kappa shape index (κ2) is 8.11. The second-order valence-corrected chi connectivity index (χ2v) is 3.84. The van der Waals surface area contributed by atoms with Crippen LogP contribution in [0.25, 0.3) is 0 Å². The van der Waals surface area contributed by atoms with Crippen molar-refractivity contribution >= 4 is 31.9 Å². The number of carboxylic acid groups (broad SMARTS) is 3. The van der Waals surface area contributed by atoms with E-state index < -0.39 is 44.0 Å². The van der Waals surface area contributed by atoms with E-state index in [1.54, 1.807) is 0 Å². The fraction of sp³-hybridized carbons (Fsp3) is 0.143. The summed E-state index contributed by atoms with van der Waals surface area (Å²) in [4.78, 5) is 63.4. The van der Waals surface area contributed by atoms with E-state index >= 15 is 0 Å². The van der Waals surface area contributed by atoms with Crippen LogP contribution < -0.4 is 0 Å². The largest absolute Gasteiger partial charge is 0.614 e. The summed E-state index contributed by atoms with van der Waals surface area (Å²) in [5, 5.41) is 23.7. The molecule has 0 unspecified atom stereocenters. The summed E-state index contributed by atoms with van der Waals surface area (Å²) < 4.78 is 3.68. The van der Waals surface area contributed by atoms with Crippen LogP contribution in [0, 0.1) is 0 Å². The lowest BCUT2D eigenvalue weighted by atomic mass is 10.3. The molecule has 0 aliphatic carbocycles. The van der Waals surface area contributed by atoms with Gasteiger partial charge in [-0.25, -0.2) is 9.59 Å². The lowest BCUT2D eigenvalue weighted by Gasteiger charge is -2.01. The fourth-order valence-electron chi connectivity index (χ4n) is 0.400. The van der Waals surface area contributed by atoms with Gasteiger partial charge >= 0.3 is 26.1 Å². The Hall–Kier alpha value is -2.07. The maximum atomic E-state index is 9.97. The van der Waals surface area contributed by atoms with E-state index in [1.807, 2.05) is 0 Å². The summed E-state index contributed by atoms with van der Waals surface area (Å²) in [6.45, 7) is 2.77. The van der Waals surface area contributed by atoms with Crippen molar-refractivity contribution in [1.29, 1.82) is 0 Å². The summed E-state index contributed by atoms with van der Waals surface area (Å²) >= 11 is 0. The van der Waals surface area contributed by atoms with E-state index in [9.17, 15) is 19.2 Å². The highest BCUT2D eigenvalue weighted by atomic mass is 31.2. The summed E-state index contributed by atoms with van der Waals surface area (Å²) in [5.41, 5.74) is 0. The molecule has 0 spiro atoms. The van der Waals surface area contributed by atoms with E-state index in [2.05, 4.69) is 11.1 Å². The third-order valence-electron chi connectivity index (χ3n) is 1.02. The smallest absolute Gasteiger partial charge is 0.481 e. The van der Waals surface area contributed by atoms with Gasteiger partial charge in [0, 0.05) is 0 Å². The first-order valence-corrected chi connectivity index (χ1v) is 5.60. The summed E-state index contributed by atoms with van der Waals surface area (Å²) in [6.07, 6.45) is -0.949. The minimum Gasteiger partial charge on any atom is -0.481 e. The van der Waals surface area contributed by atoms with Crippen molar-refractivity contribution < 1.29 is 53.7 Å². The number of rotatable bonds is 6. The van der Waals surface area contributed by atoms with Crippen molar-refractivity contribution in [3.63, 3.8) is 0 Å². The van der Waals surface area contributed by atoms with Gasteiger partial charge in [0.25, 0.3) is 11.5 Å². The molecule has 0 heterocycles. The van der Waals surface area contributed by atoms with Crippen molar-refractivity contribution in [1.82, 2.24) is 0 Å². The van der Waals surface area contributed by atoms with Crippen LogP contribution in [0.15, 0.2) is 12.3 Å². The first-order valence-electron chi connectivity index (χ1n) is 4.03. The first-order chi connectivity index (χ1) is 8.36. The molecule has 6 N–H and O–H groups in total. The Kier molecular flexibility index (Phi) is 8.22. The van der Waals surface area contributed by atoms with Gasteiger partial charge in [-0.1, -0.05) is 0 Å². The number of hydrogen-bond acceptors (Lipinski definition) is 8. The Balaban J connectivity index is 0. The number of ketones is 1. The van der Waals surface area contributed by atoms with Gasteiger partial charge in [0.15, 0.2) is 0 Å². The monoisotopic (exact) mass is 301 g/mol. The Bertz CT molecular complexity index is 392. The van der Waals surface area contributed by atoms with E-state index in [-0.39, 0.29) is 0 Å². The summed E-state index contributed by atoms with van der Waals surface area (Å²) in [7, 11) is -4.51. The molecule has 108 valence electrons. The molecule has 0 radical (unpaired) electrons. The van der Waals surface area contributed by atoms with Crippen LogP contribution in [0.2, 0.25) is 0 Å². The highest BCUT2D eigenvalue weighted by Gasteiger charge is 2.37. The molecule has 12 heteroatoms. The van der Waals surface area contributed by atoms with Gasteiger partial charge in [-0.3, -0.25) is 14.1 Å². The Labute approximate surface area is 105 Å². The normalized spacial score (nSPS) is 9.63. The predicted octanol–water partition coefficient (Wildman–Crippen LogP) is -1.63. The predicted molar refractivity (Wildman–Crippen MR) is 56.3 cm³/mol. The van der Waals surface area contributed by atoms with Gasteiger partial charge < -0.3 is 15.3 Å². The molecule has 0 rings (SSSR count). The standard InChI is InChI=1S/C4H4O5.C3H5O6P/c5-2(4(8)9)1-3(6)7;1-2(3(4)5)9-10(6,7)8/h1H2,(H,6,7)(H,8,9);6-8H,1H2/p+1. The third-order valence-corrected chi connectivity index (χ3v) is 1.49. The van der Waals surface area contributed by atoms with Crippen molar-refractivity contribution in [3.05, 3.63) is 12.3 Å². The van der Waals surface area contributed by atoms with Crippen molar-refractivity contribution in [3.8, 4) is 0 Å². The minimum atomic E-state index is -4.51. The number of carboxylic acids is 3. The Morgan fingerprint density at radius 3 is 1.47 bits per heavy atom. The maximum absolute atomic E-state index is 9.97. The molecule has 11 nitrogen and oxygen atoms in total. The van der Waals surface area contributed by atoms with Gasteiger partial charge in [0.2, 0.25) is 0 Å². The van der Waals surface area contributed by atoms with Crippen LogP contribution in [-0.2, 0) is 23.7 Å². The molecule has 19 heavy (non-hydrogen) atoms. The zero-order valence-corrected chi connectivity index (χ0v) is 9.98. The van der Waals surface area contributed by atoms with Gasteiger partial charge in [0.1, 0.15) is 6.42 Å². The molecule has 0 bridgehead atoms. The van der Waals surface area contributed by atoms with Crippen molar-refractivity contribution in [2.24, 2.45) is 0 Å². The van der Waals surface area contributed by atoms with Gasteiger partial charge in [-0.05, 0) is 6.58 Å². The van der Waals surface area contributed by atoms with Crippen molar-refractivity contribution in [2.75, 3.05) is 0 Å².